The zero-order valence-electron chi connectivity index (χ0n) is 34.6. The van der Waals surface area contributed by atoms with Crippen LogP contribution in [0.4, 0.5) is 0 Å². The lowest BCUT2D eigenvalue weighted by molar-refractivity contribution is -0.348. The van der Waals surface area contributed by atoms with Crippen LogP contribution in [-0.2, 0) is 66.8 Å². The number of carboxylic acids is 3. The Morgan fingerprint density at radius 1 is 0.762 bits per heavy atom. The zero-order chi connectivity index (χ0) is 47.3. The molecular formula is C35H56N6O20S2. The first-order valence-corrected chi connectivity index (χ1v) is 22.0. The maximum absolute atomic E-state index is 14.0. The van der Waals surface area contributed by atoms with Crippen molar-refractivity contribution in [3.63, 3.8) is 0 Å². The van der Waals surface area contributed by atoms with E-state index in [0.717, 1.165) is 21.6 Å². The van der Waals surface area contributed by atoms with E-state index in [0.29, 0.717) is 6.42 Å². The van der Waals surface area contributed by atoms with Gasteiger partial charge in [-0.05, 0) is 11.8 Å². The summed E-state index contributed by atoms with van der Waals surface area (Å²) in [5, 5.41) is 71.8. The summed E-state index contributed by atoms with van der Waals surface area (Å²) in [5.74, 6) is -11.4. The number of aliphatic carboxylic acids is 3. The number of aliphatic hydroxyl groups is 3. The van der Waals surface area contributed by atoms with E-state index < -0.39 is 171 Å². The zero-order valence-corrected chi connectivity index (χ0v) is 36.2. The molecule has 3 aliphatic rings. The minimum absolute atomic E-state index is 0.208. The number of fused-ring (bicyclic) bond motifs is 4. The quantitative estimate of drug-likeness (QED) is 0.0723. The Morgan fingerprint density at radius 2 is 1.35 bits per heavy atom. The van der Waals surface area contributed by atoms with E-state index in [1.54, 1.807) is 13.8 Å². The summed E-state index contributed by atoms with van der Waals surface area (Å²) >= 11 is 0. The number of ether oxygens (including phenoxy) is 6. The predicted molar refractivity (Wildman–Crippen MR) is 214 cm³/mol. The number of nitrogens with two attached hydrogens (primary N) is 2. The van der Waals surface area contributed by atoms with Crippen molar-refractivity contribution in [1.29, 1.82) is 0 Å². The van der Waals surface area contributed by atoms with Crippen LogP contribution in [0.3, 0.4) is 0 Å². The highest BCUT2D eigenvalue weighted by Crippen LogP contribution is 2.33. The van der Waals surface area contributed by atoms with E-state index in [-0.39, 0.29) is 11.5 Å². The van der Waals surface area contributed by atoms with Gasteiger partial charge in [-0.15, -0.1) is 0 Å². The standard InChI is InChI=1S/C35H56N6O20S2/c1-5-13(4)21-31(52)38-15(33(54)55)11-63-62-10-14(36)29(50)41-22-26(56-8-18(44)45)25(16(6-42)59-34(22)58-7-17(37)43)60-35-28(57-9-19(46)47)24(49)23(48)27(61-35)32(53)39-20(12(2)3)30(51)40-21/h12-16,20-28,34-35,42,48-49H,5-11,36H2,1-4H3,(H2,37,43)(H,38,52)(H,39,53)(H,40,51)(H,41,50)(H,44,45)(H,46,47)(H,54,55)/t13-,14-,15-,16+,20-,21-,22+,23-,24-,25+,26+,27-,28+,34+,35+/m0/s1. The topological polar surface area (TPSA) is 413 Å². The molecule has 15 atom stereocenters. The van der Waals surface area contributed by atoms with Crippen molar-refractivity contribution in [3.8, 4) is 0 Å². The first kappa shape index (κ1) is 53.4. The molecule has 0 unspecified atom stereocenters. The van der Waals surface area contributed by atoms with Crippen LogP contribution in [0.2, 0.25) is 0 Å². The minimum atomic E-state index is -2.22. The molecular weight excluding hydrogens is 889 g/mol. The lowest BCUT2D eigenvalue weighted by Crippen LogP contribution is -2.70. The molecule has 0 radical (unpaired) electrons. The van der Waals surface area contributed by atoms with E-state index in [2.05, 4.69) is 21.3 Å². The number of primary amides is 1. The summed E-state index contributed by atoms with van der Waals surface area (Å²) in [5.41, 5.74) is 11.4. The molecule has 0 saturated carbocycles. The van der Waals surface area contributed by atoms with Gasteiger partial charge in [0.15, 0.2) is 18.7 Å². The molecule has 3 aliphatic heterocycles. The highest BCUT2D eigenvalue weighted by molar-refractivity contribution is 8.76. The van der Waals surface area contributed by atoms with Gasteiger partial charge in [0.1, 0.15) is 80.6 Å². The molecule has 3 saturated heterocycles. The number of amides is 5. The Bertz CT molecular complexity index is 1630. The Labute approximate surface area is 367 Å². The highest BCUT2D eigenvalue weighted by atomic mass is 33.1. The fourth-order valence-corrected chi connectivity index (χ4v) is 8.72. The molecule has 63 heavy (non-hydrogen) atoms. The first-order valence-electron chi connectivity index (χ1n) is 19.6. The third-order valence-electron chi connectivity index (χ3n) is 9.98. The number of aliphatic hydroxyl groups excluding tert-OH is 3. The lowest BCUT2D eigenvalue weighted by atomic mass is 9.94. The third-order valence-corrected chi connectivity index (χ3v) is 12.4. The summed E-state index contributed by atoms with van der Waals surface area (Å²) in [6.07, 6.45) is -17.4. The average Bonchev–Trinajstić information content (AvgIpc) is 3.21. The summed E-state index contributed by atoms with van der Waals surface area (Å²) in [6.45, 7) is 2.28. The van der Waals surface area contributed by atoms with E-state index in [4.69, 9.17) is 39.9 Å². The van der Waals surface area contributed by atoms with Gasteiger partial charge < -0.3 is 91.8 Å². The van der Waals surface area contributed by atoms with Gasteiger partial charge in [-0.25, -0.2) is 14.4 Å². The third kappa shape index (κ3) is 15.1. The molecule has 0 aromatic heterocycles. The molecule has 0 aromatic rings. The van der Waals surface area contributed by atoms with Gasteiger partial charge >= 0.3 is 17.9 Å². The van der Waals surface area contributed by atoms with Gasteiger partial charge in [0.25, 0.3) is 5.91 Å². The van der Waals surface area contributed by atoms with Crippen LogP contribution in [-0.4, -0.2) is 202 Å². The molecule has 0 spiro atoms. The highest BCUT2D eigenvalue weighted by Gasteiger charge is 2.55. The number of hydrogen-bond acceptors (Lipinski definition) is 20. The van der Waals surface area contributed by atoms with Crippen molar-refractivity contribution in [2.24, 2.45) is 23.3 Å². The van der Waals surface area contributed by atoms with Crippen molar-refractivity contribution >= 4 is 69.0 Å². The Balaban J connectivity index is 2.21. The molecule has 5 amide bonds. The van der Waals surface area contributed by atoms with Crippen LogP contribution in [0.1, 0.15) is 34.1 Å². The second-order valence-electron chi connectivity index (χ2n) is 15.1. The maximum atomic E-state index is 14.0. The molecule has 3 fully saturated rings. The number of rotatable bonds is 14. The summed E-state index contributed by atoms with van der Waals surface area (Å²) < 4.78 is 34.2. The van der Waals surface area contributed by atoms with Crippen LogP contribution in [0.15, 0.2) is 0 Å². The van der Waals surface area contributed by atoms with Crippen LogP contribution in [0.5, 0.6) is 0 Å². The number of carboxylic acid groups (broad SMARTS) is 3. The van der Waals surface area contributed by atoms with Crippen LogP contribution in [0.25, 0.3) is 0 Å². The normalized spacial score (nSPS) is 34.7. The van der Waals surface area contributed by atoms with E-state index in [1.165, 1.54) is 13.8 Å². The lowest BCUT2D eigenvalue weighted by Gasteiger charge is -2.48. The van der Waals surface area contributed by atoms with Crippen molar-refractivity contribution in [3.05, 3.63) is 0 Å². The number of carbonyl (C=O) groups excluding carboxylic acids is 5. The molecule has 3 heterocycles. The van der Waals surface area contributed by atoms with Crippen molar-refractivity contribution in [2.75, 3.05) is 37.9 Å². The van der Waals surface area contributed by atoms with Crippen LogP contribution < -0.4 is 32.7 Å². The average molecular weight is 945 g/mol. The van der Waals surface area contributed by atoms with Crippen molar-refractivity contribution in [2.45, 2.75) is 120 Å². The molecule has 0 aromatic carbocycles. The monoisotopic (exact) mass is 944 g/mol. The first-order chi connectivity index (χ1) is 29.6. The maximum Gasteiger partial charge on any atom is 0.329 e. The summed E-state index contributed by atoms with van der Waals surface area (Å²) in [7, 11) is 1.85. The Morgan fingerprint density at radius 3 is 1.90 bits per heavy atom. The van der Waals surface area contributed by atoms with E-state index in [1.807, 2.05) is 0 Å². The molecule has 358 valence electrons. The predicted octanol–water partition coefficient (Wildman–Crippen LogP) is -5.57. The van der Waals surface area contributed by atoms with Gasteiger partial charge in [0.05, 0.1) is 12.6 Å². The van der Waals surface area contributed by atoms with Gasteiger partial charge in [0, 0.05) is 11.5 Å². The second kappa shape index (κ2) is 24.9. The van der Waals surface area contributed by atoms with Gasteiger partial charge in [0.2, 0.25) is 23.6 Å². The van der Waals surface area contributed by atoms with Crippen molar-refractivity contribution < 1.29 is 97.4 Å². The largest absolute Gasteiger partial charge is 0.480 e. The summed E-state index contributed by atoms with van der Waals surface area (Å²) in [6, 6.07) is -7.42. The number of carbonyl (C=O) groups is 8. The smallest absolute Gasteiger partial charge is 0.329 e. The molecule has 28 heteroatoms. The summed E-state index contributed by atoms with van der Waals surface area (Å²) in [4.78, 5) is 102. The fraction of sp³-hybridized carbons (Fsp3) is 0.771. The second-order valence-corrected chi connectivity index (χ2v) is 17.6. The minimum Gasteiger partial charge on any atom is -0.480 e. The molecule has 26 nitrogen and oxygen atoms in total. The molecule has 4 bridgehead atoms. The van der Waals surface area contributed by atoms with Gasteiger partial charge in [-0.1, -0.05) is 55.7 Å². The molecule has 14 N–H and O–H groups in total. The Hall–Kier alpha value is -3.94. The number of nitrogens with one attached hydrogen (secondary N) is 4. The van der Waals surface area contributed by atoms with Gasteiger partial charge in [-0.2, -0.15) is 0 Å². The molecule has 3 rings (SSSR count). The Kier molecular flexibility index (Phi) is 21.1. The van der Waals surface area contributed by atoms with Crippen LogP contribution in [0, 0.1) is 11.8 Å². The number of hydrogen-bond donors (Lipinski definition) is 12. The molecule has 0 aliphatic carbocycles. The van der Waals surface area contributed by atoms with E-state index >= 15 is 0 Å². The van der Waals surface area contributed by atoms with Crippen LogP contribution >= 0.6 is 21.6 Å². The SMILES string of the molecule is CC[C@H](C)[C@@H]1NC(=O)[C@H](C(C)C)NC(=O)[C@H]2O[C@@H](O[C@H]3[C@H](OCC(=O)O)[C@@H](NC(=O)[C@@H](N)CSSC[C@@H](C(=O)O)NC1=O)[C@H](OCC(N)=O)O[C@@H]3CO)[C@H](OCC(=O)O)[C@@H](O)[C@@H]2O. The fourth-order valence-electron chi connectivity index (χ4n) is 6.44. The van der Waals surface area contributed by atoms with Crippen molar-refractivity contribution in [1.82, 2.24) is 21.3 Å². The van der Waals surface area contributed by atoms with Gasteiger partial charge in [-0.3, -0.25) is 24.0 Å². The van der Waals surface area contributed by atoms with E-state index in [9.17, 15) is 69.0 Å².